The molecule has 16 heteroatoms. The molecule has 0 spiro atoms. The molecule has 4 N–H and O–H groups in total. The molecule has 0 aliphatic rings. The fourth-order valence-corrected chi connectivity index (χ4v) is 6.58. The summed E-state index contributed by atoms with van der Waals surface area (Å²) in [7, 11) is 0. The predicted molar refractivity (Wildman–Crippen MR) is 218 cm³/mol. The van der Waals surface area contributed by atoms with Gasteiger partial charge in [-0.25, -0.2) is 18.4 Å². The third-order valence-electron chi connectivity index (χ3n) is 10.1. The molecular weight excluding hydrogens is 805 g/mol. The zero-order valence-corrected chi connectivity index (χ0v) is 34.0. The summed E-state index contributed by atoms with van der Waals surface area (Å²) in [5.41, 5.74) is 3.58. The van der Waals surface area contributed by atoms with Crippen molar-refractivity contribution in [2.75, 3.05) is 13.1 Å². The zero-order chi connectivity index (χ0) is 45.2. The largest absolute Gasteiger partial charge is 0.479 e. The summed E-state index contributed by atoms with van der Waals surface area (Å²) in [4.78, 5) is 51.1. The molecule has 0 saturated heterocycles. The smallest absolute Gasteiger partial charge is 0.416 e. The number of aliphatic hydroxyl groups is 2. The lowest BCUT2D eigenvalue weighted by Gasteiger charge is -2.29. The van der Waals surface area contributed by atoms with Crippen LogP contribution >= 0.6 is 0 Å². The van der Waals surface area contributed by atoms with Gasteiger partial charge in [0.15, 0.2) is 29.3 Å². The molecule has 11 nitrogen and oxygen atoms in total. The maximum absolute atomic E-state index is 14.6. The van der Waals surface area contributed by atoms with Crippen LogP contribution in [-0.4, -0.2) is 84.0 Å². The Balaban J connectivity index is 0.000000727. The van der Waals surface area contributed by atoms with Crippen LogP contribution in [0.2, 0.25) is 0 Å². The van der Waals surface area contributed by atoms with Crippen LogP contribution in [0.3, 0.4) is 0 Å². The van der Waals surface area contributed by atoms with Crippen LogP contribution in [0.15, 0.2) is 95.8 Å². The average Bonchev–Trinajstić information content (AvgIpc) is 3.22. The summed E-state index contributed by atoms with van der Waals surface area (Å²) in [6.45, 7) is 10.5. The molecular formula is C45H48F5N3O8. The number of rotatable bonds is 16. The van der Waals surface area contributed by atoms with Crippen LogP contribution < -0.4 is 5.43 Å². The second-order valence-corrected chi connectivity index (χ2v) is 14.6. The molecule has 5 rings (SSSR count). The third kappa shape index (κ3) is 12.5. The van der Waals surface area contributed by atoms with E-state index >= 15 is 0 Å². The van der Waals surface area contributed by atoms with Crippen molar-refractivity contribution in [2.45, 2.75) is 84.6 Å². The number of alkyl halides is 3. The Morgan fingerprint density at radius 3 is 1.82 bits per heavy atom. The molecule has 326 valence electrons. The van der Waals surface area contributed by atoms with Crippen LogP contribution in [0.5, 0.6) is 0 Å². The standard InChI is InChI=1S/C41H42F5N3O2.C4H6O6/c1-5-47(6-2)24-29-12-21-35-37(22-29)49(34(23-38(35)50)20-17-32-8-7-9-36(42)40(32)43)26-39(51)48(27(3)4)25-28-10-13-30(14-11-28)31-15-18-33(19-16-31)41(44,45)46;5-1(3(7)8)2(6)4(9)10/h7-16,18-19,21-23,27H,5-6,17,20,24-26H2,1-4H3;1-2,5-6H,(H,7,8)(H,9,10). The summed E-state index contributed by atoms with van der Waals surface area (Å²) in [6.07, 6.45) is -8.62. The van der Waals surface area contributed by atoms with E-state index in [1.165, 1.54) is 30.3 Å². The van der Waals surface area contributed by atoms with Gasteiger partial charge in [-0.2, -0.15) is 13.2 Å². The Morgan fingerprint density at radius 2 is 1.30 bits per heavy atom. The van der Waals surface area contributed by atoms with Crippen molar-refractivity contribution in [1.82, 2.24) is 14.4 Å². The van der Waals surface area contributed by atoms with Crippen molar-refractivity contribution < 1.29 is 56.8 Å². The first-order valence-corrected chi connectivity index (χ1v) is 19.4. The number of carbonyl (C=O) groups excluding carboxylic acids is 1. The first-order valence-electron chi connectivity index (χ1n) is 19.4. The van der Waals surface area contributed by atoms with E-state index < -0.39 is 47.5 Å². The molecule has 61 heavy (non-hydrogen) atoms. The molecule has 0 bridgehead atoms. The fourth-order valence-electron chi connectivity index (χ4n) is 6.58. The predicted octanol–water partition coefficient (Wildman–Crippen LogP) is 6.91. The van der Waals surface area contributed by atoms with E-state index in [1.54, 1.807) is 11.0 Å². The molecule has 2 unspecified atom stereocenters. The number of carboxylic acids is 2. The molecule has 4 aromatic carbocycles. The number of hydrogen-bond acceptors (Lipinski definition) is 7. The van der Waals surface area contributed by atoms with Gasteiger partial charge in [0, 0.05) is 36.3 Å². The number of amides is 1. The second-order valence-electron chi connectivity index (χ2n) is 14.6. The number of fused-ring (bicyclic) bond motifs is 1. The topological polar surface area (TPSA) is 161 Å². The summed E-state index contributed by atoms with van der Waals surface area (Å²) in [5, 5.41) is 33.0. The molecule has 2 atom stereocenters. The molecule has 0 radical (unpaired) electrons. The first kappa shape index (κ1) is 47.7. The van der Waals surface area contributed by atoms with Gasteiger partial charge in [-0.1, -0.05) is 68.4 Å². The van der Waals surface area contributed by atoms with E-state index in [0.717, 1.165) is 48.0 Å². The Labute approximate surface area is 348 Å². The van der Waals surface area contributed by atoms with Gasteiger partial charge in [0.2, 0.25) is 5.91 Å². The highest BCUT2D eigenvalue weighted by molar-refractivity contribution is 5.84. The van der Waals surface area contributed by atoms with Gasteiger partial charge in [-0.15, -0.1) is 0 Å². The van der Waals surface area contributed by atoms with Crippen LogP contribution in [0.25, 0.3) is 22.0 Å². The number of pyridine rings is 1. The highest BCUT2D eigenvalue weighted by Crippen LogP contribution is 2.31. The maximum atomic E-state index is 14.6. The van der Waals surface area contributed by atoms with Gasteiger partial charge in [0.1, 0.15) is 6.54 Å². The monoisotopic (exact) mass is 853 g/mol. The second kappa shape index (κ2) is 21.0. The van der Waals surface area contributed by atoms with Crippen LogP contribution in [0, 0.1) is 11.6 Å². The quantitative estimate of drug-likeness (QED) is 0.0774. The Bertz CT molecular complexity index is 2340. The van der Waals surface area contributed by atoms with Gasteiger partial charge in [0.25, 0.3) is 0 Å². The number of aliphatic carboxylic acids is 2. The number of carboxylic acid groups (broad SMARTS) is 2. The lowest BCUT2D eigenvalue weighted by atomic mass is 10.0. The van der Waals surface area contributed by atoms with Gasteiger partial charge < -0.3 is 29.9 Å². The number of aliphatic hydroxyl groups excluding tert-OH is 2. The minimum atomic E-state index is -4.41. The normalized spacial score (nSPS) is 12.5. The maximum Gasteiger partial charge on any atom is 0.416 e. The van der Waals surface area contributed by atoms with E-state index in [2.05, 4.69) is 18.7 Å². The molecule has 0 saturated carbocycles. The summed E-state index contributed by atoms with van der Waals surface area (Å²) < 4.78 is 69.6. The molecule has 0 fully saturated rings. The number of halogens is 5. The zero-order valence-electron chi connectivity index (χ0n) is 34.0. The van der Waals surface area contributed by atoms with E-state index in [0.29, 0.717) is 28.7 Å². The summed E-state index contributed by atoms with van der Waals surface area (Å²) >= 11 is 0. The minimum absolute atomic E-state index is 0.0890. The highest BCUT2D eigenvalue weighted by Gasteiger charge is 2.30. The van der Waals surface area contributed by atoms with Crippen molar-refractivity contribution in [2.24, 2.45) is 0 Å². The number of aryl methyl sites for hydroxylation is 2. The minimum Gasteiger partial charge on any atom is -0.479 e. The number of benzene rings is 4. The average molecular weight is 854 g/mol. The van der Waals surface area contributed by atoms with Gasteiger partial charge in [-0.3, -0.25) is 14.5 Å². The molecule has 5 aromatic rings. The summed E-state index contributed by atoms with van der Waals surface area (Å²) in [5.74, 6) is -5.61. The molecule has 1 aromatic heterocycles. The number of aromatic nitrogens is 1. The van der Waals surface area contributed by atoms with Gasteiger partial charge in [-0.05, 0) is 97.9 Å². The Hall–Kier alpha value is -5.97. The van der Waals surface area contributed by atoms with E-state index in [-0.39, 0.29) is 48.9 Å². The Kier molecular flexibility index (Phi) is 16.4. The van der Waals surface area contributed by atoms with Crippen molar-refractivity contribution in [1.29, 1.82) is 0 Å². The lowest BCUT2D eigenvalue weighted by molar-refractivity contribution is -0.165. The van der Waals surface area contributed by atoms with Crippen molar-refractivity contribution in [3.8, 4) is 11.1 Å². The molecule has 1 amide bonds. The molecule has 0 aliphatic carbocycles. The van der Waals surface area contributed by atoms with E-state index in [1.807, 2.05) is 54.8 Å². The SMILES string of the molecule is CCN(CC)Cc1ccc2c(=O)cc(CCc3cccc(F)c3F)n(CC(=O)N(Cc3ccc(-c4ccc(C(F)(F)F)cc4)cc3)C(C)C)c2c1.O=C(O)C(O)C(O)C(=O)O. The number of carbonyl (C=O) groups is 3. The van der Waals surface area contributed by atoms with Gasteiger partial charge in [0.05, 0.1) is 11.1 Å². The van der Waals surface area contributed by atoms with Crippen molar-refractivity contribution in [3.05, 3.63) is 141 Å². The third-order valence-corrected chi connectivity index (χ3v) is 10.1. The molecule has 1 heterocycles. The summed E-state index contributed by atoms with van der Waals surface area (Å²) in [6, 6.07) is 23.3. The number of nitrogens with zero attached hydrogens (tertiary/aromatic N) is 3. The highest BCUT2D eigenvalue weighted by atomic mass is 19.4. The lowest BCUT2D eigenvalue weighted by Crippen LogP contribution is -2.39. The van der Waals surface area contributed by atoms with E-state index in [9.17, 15) is 41.1 Å². The van der Waals surface area contributed by atoms with Crippen molar-refractivity contribution in [3.63, 3.8) is 0 Å². The Morgan fingerprint density at radius 1 is 0.738 bits per heavy atom. The molecule has 0 aliphatic heterocycles. The number of hydrogen-bond donors (Lipinski definition) is 4. The van der Waals surface area contributed by atoms with Crippen LogP contribution in [0.4, 0.5) is 22.0 Å². The van der Waals surface area contributed by atoms with Crippen LogP contribution in [0.1, 0.15) is 55.6 Å². The first-order chi connectivity index (χ1) is 28.7. The van der Waals surface area contributed by atoms with Crippen LogP contribution in [-0.2, 0) is 53.0 Å². The van der Waals surface area contributed by atoms with Gasteiger partial charge >= 0.3 is 18.1 Å². The van der Waals surface area contributed by atoms with Crippen molar-refractivity contribution >= 4 is 28.7 Å². The van der Waals surface area contributed by atoms with E-state index in [4.69, 9.17) is 20.4 Å². The fraction of sp³-hybridized carbons (Fsp3) is 0.333.